The standard InChI is InChI=1S/C15H19N3O2.ClH/c16-11-3-1-2-9(6-11)15(20)17-12-4-5-13-10(7-12)8-14(19)18-13;/h4-5,7,9,11H,1-3,6,8,16H2,(H,17,20)(H,18,19);1H. The Hall–Kier alpha value is -1.59. The van der Waals surface area contributed by atoms with Gasteiger partial charge in [-0.3, -0.25) is 9.59 Å². The maximum atomic E-state index is 12.2. The Morgan fingerprint density at radius 3 is 2.90 bits per heavy atom. The highest BCUT2D eigenvalue weighted by Gasteiger charge is 2.25. The Bertz CT molecular complexity index is 562. The summed E-state index contributed by atoms with van der Waals surface area (Å²) in [5, 5.41) is 5.72. The van der Waals surface area contributed by atoms with Crippen LogP contribution in [-0.4, -0.2) is 17.9 Å². The molecular formula is C15H20ClN3O2. The number of nitrogens with two attached hydrogens (primary N) is 1. The Morgan fingerprint density at radius 1 is 1.33 bits per heavy atom. The lowest BCUT2D eigenvalue weighted by Gasteiger charge is -2.25. The topological polar surface area (TPSA) is 84.2 Å². The number of rotatable bonds is 2. The van der Waals surface area contributed by atoms with Gasteiger partial charge in [0.2, 0.25) is 11.8 Å². The van der Waals surface area contributed by atoms with Crippen molar-refractivity contribution in [2.75, 3.05) is 10.6 Å². The molecule has 6 heteroatoms. The number of carbonyl (C=O) groups excluding carboxylic acids is 2. The summed E-state index contributed by atoms with van der Waals surface area (Å²) in [5.74, 6) is 0.0471. The highest BCUT2D eigenvalue weighted by Crippen LogP contribution is 2.28. The van der Waals surface area contributed by atoms with Gasteiger partial charge in [0.15, 0.2) is 0 Å². The molecule has 4 N–H and O–H groups in total. The molecule has 1 aromatic rings. The average molecular weight is 310 g/mol. The second-order valence-corrected chi connectivity index (χ2v) is 5.71. The smallest absolute Gasteiger partial charge is 0.228 e. The lowest BCUT2D eigenvalue weighted by molar-refractivity contribution is -0.121. The molecular weight excluding hydrogens is 290 g/mol. The normalized spacial score (nSPS) is 23.8. The fraction of sp³-hybridized carbons (Fsp3) is 0.467. The zero-order chi connectivity index (χ0) is 14.1. The van der Waals surface area contributed by atoms with Crippen LogP contribution < -0.4 is 16.4 Å². The summed E-state index contributed by atoms with van der Waals surface area (Å²) < 4.78 is 0. The van der Waals surface area contributed by atoms with Crippen molar-refractivity contribution in [3.05, 3.63) is 23.8 Å². The molecule has 2 aliphatic rings. The average Bonchev–Trinajstić information content (AvgIpc) is 2.78. The van der Waals surface area contributed by atoms with Crippen molar-refractivity contribution in [1.29, 1.82) is 0 Å². The predicted molar refractivity (Wildman–Crippen MR) is 84.6 cm³/mol. The molecule has 2 unspecified atom stereocenters. The SMILES string of the molecule is Cl.NC1CCCC(C(=O)Nc2ccc3c(c2)CC(=O)N3)C1. The van der Waals surface area contributed by atoms with Crippen LogP contribution in [0.25, 0.3) is 0 Å². The van der Waals surface area contributed by atoms with Crippen LogP contribution in [0.5, 0.6) is 0 Å². The first-order chi connectivity index (χ1) is 9.61. The van der Waals surface area contributed by atoms with Crippen LogP contribution in [-0.2, 0) is 16.0 Å². The van der Waals surface area contributed by atoms with Crippen LogP contribution in [0.1, 0.15) is 31.2 Å². The van der Waals surface area contributed by atoms with Crippen LogP contribution >= 0.6 is 12.4 Å². The van der Waals surface area contributed by atoms with Crippen molar-refractivity contribution >= 4 is 35.6 Å². The maximum absolute atomic E-state index is 12.2. The van der Waals surface area contributed by atoms with Crippen molar-refractivity contribution in [2.24, 2.45) is 11.7 Å². The molecule has 114 valence electrons. The largest absolute Gasteiger partial charge is 0.328 e. The van der Waals surface area contributed by atoms with Crippen molar-refractivity contribution in [3.8, 4) is 0 Å². The van der Waals surface area contributed by atoms with Crippen molar-refractivity contribution < 1.29 is 9.59 Å². The zero-order valence-corrected chi connectivity index (χ0v) is 12.5. The molecule has 0 bridgehead atoms. The number of hydrogen-bond acceptors (Lipinski definition) is 3. The number of halogens is 1. The van der Waals surface area contributed by atoms with E-state index in [0.717, 1.165) is 42.6 Å². The highest BCUT2D eigenvalue weighted by atomic mass is 35.5. The van der Waals surface area contributed by atoms with Gasteiger partial charge in [-0.25, -0.2) is 0 Å². The molecule has 2 amide bonds. The number of carbonyl (C=O) groups is 2. The van der Waals surface area contributed by atoms with Gasteiger partial charge < -0.3 is 16.4 Å². The van der Waals surface area contributed by atoms with E-state index in [4.69, 9.17) is 5.73 Å². The molecule has 3 rings (SSSR count). The maximum Gasteiger partial charge on any atom is 0.228 e. The van der Waals surface area contributed by atoms with Gasteiger partial charge in [0.1, 0.15) is 0 Å². The van der Waals surface area contributed by atoms with Gasteiger partial charge in [0, 0.05) is 23.3 Å². The number of fused-ring (bicyclic) bond motifs is 1. The Balaban J connectivity index is 0.00000161. The summed E-state index contributed by atoms with van der Waals surface area (Å²) in [4.78, 5) is 23.5. The molecule has 2 atom stereocenters. The predicted octanol–water partition coefficient (Wildman–Crippen LogP) is 2.06. The number of amides is 2. The second-order valence-electron chi connectivity index (χ2n) is 5.71. The van der Waals surface area contributed by atoms with E-state index < -0.39 is 0 Å². The molecule has 1 aliphatic carbocycles. The number of anilines is 2. The molecule has 0 spiro atoms. The van der Waals surface area contributed by atoms with E-state index in [-0.39, 0.29) is 36.2 Å². The summed E-state index contributed by atoms with van der Waals surface area (Å²) in [5.41, 5.74) is 8.45. The van der Waals surface area contributed by atoms with Gasteiger partial charge in [-0.15, -0.1) is 12.4 Å². The van der Waals surface area contributed by atoms with Crippen LogP contribution in [0.3, 0.4) is 0 Å². The minimum atomic E-state index is 0. The number of nitrogens with one attached hydrogen (secondary N) is 2. The van der Waals surface area contributed by atoms with Crippen molar-refractivity contribution in [1.82, 2.24) is 0 Å². The third-order valence-electron chi connectivity index (χ3n) is 4.08. The van der Waals surface area contributed by atoms with Crippen LogP contribution in [0.2, 0.25) is 0 Å². The first-order valence-electron chi connectivity index (χ1n) is 7.11. The number of benzene rings is 1. The third kappa shape index (κ3) is 3.54. The van der Waals surface area contributed by atoms with E-state index in [1.165, 1.54) is 0 Å². The minimum absolute atomic E-state index is 0. The van der Waals surface area contributed by atoms with Crippen LogP contribution in [0.4, 0.5) is 11.4 Å². The van der Waals surface area contributed by atoms with Gasteiger partial charge in [-0.2, -0.15) is 0 Å². The third-order valence-corrected chi connectivity index (χ3v) is 4.08. The monoisotopic (exact) mass is 309 g/mol. The zero-order valence-electron chi connectivity index (χ0n) is 11.7. The summed E-state index contributed by atoms with van der Waals surface area (Å²) in [6.45, 7) is 0. The lowest BCUT2D eigenvalue weighted by atomic mass is 9.85. The fourth-order valence-corrected chi connectivity index (χ4v) is 3.02. The van der Waals surface area contributed by atoms with E-state index >= 15 is 0 Å². The van der Waals surface area contributed by atoms with Crippen molar-refractivity contribution in [2.45, 2.75) is 38.1 Å². The number of hydrogen-bond donors (Lipinski definition) is 3. The van der Waals surface area contributed by atoms with Gasteiger partial charge >= 0.3 is 0 Å². The van der Waals surface area contributed by atoms with Crippen LogP contribution in [0.15, 0.2) is 18.2 Å². The second kappa shape index (κ2) is 6.45. The summed E-state index contributed by atoms with van der Waals surface area (Å²) in [6.07, 6.45) is 4.08. The molecule has 21 heavy (non-hydrogen) atoms. The molecule has 0 radical (unpaired) electrons. The van der Waals surface area contributed by atoms with Gasteiger partial charge in [0.25, 0.3) is 0 Å². The van der Waals surface area contributed by atoms with Crippen molar-refractivity contribution in [3.63, 3.8) is 0 Å². The van der Waals surface area contributed by atoms with E-state index in [0.29, 0.717) is 6.42 Å². The highest BCUT2D eigenvalue weighted by molar-refractivity contribution is 6.00. The van der Waals surface area contributed by atoms with E-state index in [1.54, 1.807) is 0 Å². The fourth-order valence-electron chi connectivity index (χ4n) is 3.02. The molecule has 5 nitrogen and oxygen atoms in total. The lowest BCUT2D eigenvalue weighted by Crippen LogP contribution is -2.34. The minimum Gasteiger partial charge on any atom is -0.328 e. The van der Waals surface area contributed by atoms with Gasteiger partial charge in [-0.05, 0) is 43.0 Å². The summed E-state index contributed by atoms with van der Waals surface area (Å²) in [6, 6.07) is 5.67. The first-order valence-corrected chi connectivity index (χ1v) is 7.11. The van der Waals surface area contributed by atoms with Crippen LogP contribution in [0, 0.1) is 5.92 Å². The Labute approximate surface area is 130 Å². The molecule has 1 aromatic carbocycles. The quantitative estimate of drug-likeness (QED) is 0.782. The summed E-state index contributed by atoms with van der Waals surface area (Å²) >= 11 is 0. The molecule has 1 fully saturated rings. The summed E-state index contributed by atoms with van der Waals surface area (Å²) in [7, 11) is 0. The molecule has 0 saturated heterocycles. The molecule has 1 saturated carbocycles. The van der Waals surface area contributed by atoms with E-state index in [2.05, 4.69) is 10.6 Å². The van der Waals surface area contributed by atoms with E-state index in [9.17, 15) is 9.59 Å². The van der Waals surface area contributed by atoms with Gasteiger partial charge in [-0.1, -0.05) is 6.42 Å². The molecule has 1 aliphatic heterocycles. The molecule has 1 heterocycles. The Morgan fingerprint density at radius 2 is 2.14 bits per heavy atom. The molecule has 0 aromatic heterocycles. The first kappa shape index (κ1) is 15.8. The van der Waals surface area contributed by atoms with Gasteiger partial charge in [0.05, 0.1) is 6.42 Å². The van der Waals surface area contributed by atoms with E-state index in [1.807, 2.05) is 18.2 Å². The Kier molecular flexibility index (Phi) is 4.85.